The van der Waals surface area contributed by atoms with Gasteiger partial charge in [-0.2, -0.15) is 9.78 Å². The van der Waals surface area contributed by atoms with Gasteiger partial charge in [0.2, 0.25) is 5.91 Å². The number of ether oxygens (including phenoxy) is 1. The Kier molecular flexibility index (Phi) is 5.61. The summed E-state index contributed by atoms with van der Waals surface area (Å²) in [6.45, 7) is 6.30. The topological polar surface area (TPSA) is 73.1 Å². The highest BCUT2D eigenvalue weighted by atomic mass is 16.5. The zero-order valence-corrected chi connectivity index (χ0v) is 19.8. The first kappa shape index (κ1) is 21.8. The van der Waals surface area contributed by atoms with Crippen molar-refractivity contribution in [1.82, 2.24) is 19.7 Å². The van der Waals surface area contributed by atoms with E-state index in [0.29, 0.717) is 18.9 Å². The van der Waals surface area contributed by atoms with Crippen molar-refractivity contribution in [3.05, 3.63) is 94.4 Å². The molecule has 7 nitrogen and oxygen atoms in total. The summed E-state index contributed by atoms with van der Waals surface area (Å²) in [4.78, 5) is 24.8. The molecule has 4 aromatic rings. The molecule has 0 radical (unpaired) electrons. The van der Waals surface area contributed by atoms with Crippen LogP contribution in [0.25, 0.3) is 5.95 Å². The van der Waals surface area contributed by atoms with Gasteiger partial charge in [0.05, 0.1) is 19.3 Å². The molecule has 0 aliphatic carbocycles. The maximum atomic E-state index is 13.7. The summed E-state index contributed by atoms with van der Waals surface area (Å²) < 4.78 is 7.39. The molecule has 0 saturated heterocycles. The van der Waals surface area contributed by atoms with Crippen molar-refractivity contribution < 1.29 is 9.53 Å². The molecule has 172 valence electrons. The van der Waals surface area contributed by atoms with Gasteiger partial charge in [-0.15, -0.1) is 0 Å². The van der Waals surface area contributed by atoms with Gasteiger partial charge in [0.25, 0.3) is 5.95 Å². The van der Waals surface area contributed by atoms with E-state index in [2.05, 4.69) is 9.97 Å². The third-order valence-corrected chi connectivity index (χ3v) is 6.22. The molecule has 0 unspecified atom stereocenters. The van der Waals surface area contributed by atoms with Crippen LogP contribution in [0.5, 0.6) is 5.75 Å². The fourth-order valence-electron chi connectivity index (χ4n) is 4.79. The Morgan fingerprint density at radius 3 is 2.35 bits per heavy atom. The molecule has 1 atom stereocenters. The number of hydrogen-bond acceptors (Lipinski definition) is 5. The van der Waals surface area contributed by atoms with Crippen molar-refractivity contribution in [2.75, 3.05) is 12.0 Å². The SMILES string of the molecule is COc1ccccc1[C@@H]1CC(=O)N(Cc2ccccc2)c2c1c(C)nn2-c1nc(C)cc(C)n1. The monoisotopic (exact) mass is 453 g/mol. The fourth-order valence-corrected chi connectivity index (χ4v) is 4.79. The van der Waals surface area contributed by atoms with E-state index in [9.17, 15) is 4.79 Å². The molecule has 2 aromatic heterocycles. The highest BCUT2D eigenvalue weighted by Crippen LogP contribution is 2.45. The minimum absolute atomic E-state index is 0.0257. The molecule has 0 saturated carbocycles. The number of rotatable bonds is 5. The lowest BCUT2D eigenvalue weighted by Gasteiger charge is -2.33. The summed E-state index contributed by atoms with van der Waals surface area (Å²) in [5.74, 6) is 1.80. The Labute approximate surface area is 199 Å². The average molecular weight is 454 g/mol. The second-order valence-electron chi connectivity index (χ2n) is 8.65. The molecule has 0 fully saturated rings. The first-order valence-corrected chi connectivity index (χ1v) is 11.4. The van der Waals surface area contributed by atoms with Gasteiger partial charge in [0, 0.05) is 34.9 Å². The van der Waals surface area contributed by atoms with Gasteiger partial charge < -0.3 is 4.74 Å². The second kappa shape index (κ2) is 8.74. The average Bonchev–Trinajstić information content (AvgIpc) is 3.18. The van der Waals surface area contributed by atoms with Gasteiger partial charge in [-0.05, 0) is 38.5 Å². The van der Waals surface area contributed by atoms with E-state index in [1.807, 2.05) is 86.3 Å². The number of carbonyl (C=O) groups is 1. The van der Waals surface area contributed by atoms with Crippen LogP contribution < -0.4 is 9.64 Å². The number of carbonyl (C=O) groups excluding carboxylic acids is 1. The first-order chi connectivity index (χ1) is 16.5. The molecule has 1 amide bonds. The summed E-state index contributed by atoms with van der Waals surface area (Å²) in [5.41, 5.74) is 5.57. The van der Waals surface area contributed by atoms with Crippen LogP contribution in [0.1, 0.15) is 46.1 Å². The Morgan fingerprint density at radius 1 is 0.971 bits per heavy atom. The quantitative estimate of drug-likeness (QED) is 0.439. The molecule has 1 aliphatic heterocycles. The Hall–Kier alpha value is -4.00. The van der Waals surface area contributed by atoms with Crippen LogP contribution in [0.4, 0.5) is 5.82 Å². The van der Waals surface area contributed by atoms with Crippen molar-refractivity contribution in [3.8, 4) is 11.7 Å². The van der Waals surface area contributed by atoms with Gasteiger partial charge in [0.15, 0.2) is 0 Å². The second-order valence-corrected chi connectivity index (χ2v) is 8.65. The summed E-state index contributed by atoms with van der Waals surface area (Å²) in [6, 6.07) is 19.8. The summed E-state index contributed by atoms with van der Waals surface area (Å²) in [6.07, 6.45) is 0.334. The van der Waals surface area contributed by atoms with E-state index in [1.165, 1.54) is 0 Å². The van der Waals surface area contributed by atoms with Crippen LogP contribution in [0, 0.1) is 20.8 Å². The Balaban J connectivity index is 1.73. The lowest BCUT2D eigenvalue weighted by molar-refractivity contribution is -0.119. The van der Waals surface area contributed by atoms with E-state index in [1.54, 1.807) is 11.8 Å². The standard InChI is InChI=1S/C27H27N5O2/c1-17-14-18(2)29-27(28-17)32-26-25(19(3)30-32)22(21-12-8-9-13-23(21)34-4)15-24(33)31(26)16-20-10-6-5-7-11-20/h5-14,22H,15-16H2,1-4H3/t22-/m0/s1. The number of aryl methyl sites for hydroxylation is 3. The number of nitrogens with zero attached hydrogens (tertiary/aromatic N) is 5. The number of hydrogen-bond donors (Lipinski definition) is 0. The van der Waals surface area contributed by atoms with Crippen LogP contribution in [-0.4, -0.2) is 32.8 Å². The van der Waals surface area contributed by atoms with Crippen LogP contribution in [0.15, 0.2) is 60.7 Å². The number of fused-ring (bicyclic) bond motifs is 1. The highest BCUT2D eigenvalue weighted by Gasteiger charge is 2.39. The molecule has 0 N–H and O–H groups in total. The third-order valence-electron chi connectivity index (χ3n) is 6.22. The molecule has 5 rings (SSSR count). The van der Waals surface area contributed by atoms with Gasteiger partial charge in [-0.1, -0.05) is 48.5 Å². The van der Waals surface area contributed by atoms with Crippen molar-refractivity contribution >= 4 is 11.7 Å². The van der Waals surface area contributed by atoms with Crippen LogP contribution in [-0.2, 0) is 11.3 Å². The van der Waals surface area contributed by atoms with Gasteiger partial charge >= 0.3 is 0 Å². The molecule has 1 aliphatic rings. The maximum Gasteiger partial charge on any atom is 0.252 e. The van der Waals surface area contributed by atoms with Crippen LogP contribution in [0.3, 0.4) is 0 Å². The van der Waals surface area contributed by atoms with Crippen molar-refractivity contribution in [2.24, 2.45) is 0 Å². The number of anilines is 1. The molecular weight excluding hydrogens is 426 g/mol. The molecule has 34 heavy (non-hydrogen) atoms. The largest absolute Gasteiger partial charge is 0.496 e. The molecule has 0 spiro atoms. The van der Waals surface area contributed by atoms with E-state index >= 15 is 0 Å². The molecular formula is C27H27N5O2. The van der Waals surface area contributed by atoms with Crippen molar-refractivity contribution in [1.29, 1.82) is 0 Å². The first-order valence-electron chi connectivity index (χ1n) is 11.4. The van der Waals surface area contributed by atoms with E-state index in [-0.39, 0.29) is 11.8 Å². The fraction of sp³-hybridized carbons (Fsp3) is 0.259. The third kappa shape index (κ3) is 3.83. The lowest BCUT2D eigenvalue weighted by Crippen LogP contribution is -2.38. The zero-order chi connectivity index (χ0) is 23.8. The lowest BCUT2D eigenvalue weighted by atomic mass is 9.84. The normalized spacial score (nSPS) is 15.4. The predicted octanol–water partition coefficient (Wildman–Crippen LogP) is 4.66. The number of aromatic nitrogens is 4. The number of benzene rings is 2. The number of amides is 1. The zero-order valence-electron chi connectivity index (χ0n) is 19.8. The minimum Gasteiger partial charge on any atom is -0.496 e. The van der Waals surface area contributed by atoms with Gasteiger partial charge in [-0.3, -0.25) is 9.69 Å². The highest BCUT2D eigenvalue weighted by molar-refractivity contribution is 5.97. The number of para-hydroxylation sites is 1. The van der Waals surface area contributed by atoms with Crippen LogP contribution in [0.2, 0.25) is 0 Å². The Bertz CT molecular complexity index is 1340. The van der Waals surface area contributed by atoms with Gasteiger partial charge in [-0.25, -0.2) is 9.97 Å². The van der Waals surface area contributed by atoms with E-state index in [4.69, 9.17) is 9.84 Å². The molecule has 2 aromatic carbocycles. The smallest absolute Gasteiger partial charge is 0.252 e. The number of methoxy groups -OCH3 is 1. The van der Waals surface area contributed by atoms with Crippen molar-refractivity contribution in [2.45, 2.75) is 39.7 Å². The molecule has 7 heteroatoms. The summed E-state index contributed by atoms with van der Waals surface area (Å²) in [7, 11) is 1.66. The molecule has 3 heterocycles. The van der Waals surface area contributed by atoms with E-state index in [0.717, 1.165) is 45.3 Å². The van der Waals surface area contributed by atoms with Crippen LogP contribution >= 0.6 is 0 Å². The molecule has 0 bridgehead atoms. The minimum atomic E-state index is -0.176. The summed E-state index contributed by atoms with van der Waals surface area (Å²) >= 11 is 0. The van der Waals surface area contributed by atoms with Gasteiger partial charge in [0.1, 0.15) is 11.6 Å². The maximum absolute atomic E-state index is 13.7. The van der Waals surface area contributed by atoms with E-state index < -0.39 is 0 Å². The summed E-state index contributed by atoms with van der Waals surface area (Å²) in [5, 5.41) is 4.86. The predicted molar refractivity (Wildman–Crippen MR) is 130 cm³/mol. The van der Waals surface area contributed by atoms with Crippen molar-refractivity contribution in [3.63, 3.8) is 0 Å². The Morgan fingerprint density at radius 2 is 1.65 bits per heavy atom.